The van der Waals surface area contributed by atoms with Crippen LogP contribution in [0.1, 0.15) is 58.3 Å². The van der Waals surface area contributed by atoms with Crippen molar-refractivity contribution in [2.24, 2.45) is 5.92 Å². The first kappa shape index (κ1) is 32.3. The van der Waals surface area contributed by atoms with E-state index in [1.807, 2.05) is 12.2 Å². The second-order valence-electron chi connectivity index (χ2n) is 10.8. The predicted octanol–water partition coefficient (Wildman–Crippen LogP) is 3.58. The van der Waals surface area contributed by atoms with E-state index in [2.05, 4.69) is 22.1 Å². The Morgan fingerprint density at radius 3 is 2.71 bits per heavy atom. The number of carbonyl (C=O) groups is 3. The van der Waals surface area contributed by atoms with E-state index >= 15 is 0 Å². The summed E-state index contributed by atoms with van der Waals surface area (Å²) < 4.78 is 33.5. The summed E-state index contributed by atoms with van der Waals surface area (Å²) in [5.41, 5.74) is 1.30. The van der Waals surface area contributed by atoms with Crippen LogP contribution in [0.3, 0.4) is 0 Å². The van der Waals surface area contributed by atoms with Crippen LogP contribution in [0.15, 0.2) is 47.6 Å². The lowest BCUT2D eigenvalue weighted by molar-refractivity contribution is -0.148. The van der Waals surface area contributed by atoms with Crippen LogP contribution in [0.5, 0.6) is 0 Å². The van der Waals surface area contributed by atoms with Crippen molar-refractivity contribution in [1.29, 1.82) is 0 Å². The molecule has 1 saturated carbocycles. The molecule has 2 heterocycles. The van der Waals surface area contributed by atoms with Gasteiger partial charge in [-0.1, -0.05) is 54.8 Å². The Morgan fingerprint density at radius 1 is 1.19 bits per heavy atom. The molecule has 1 saturated heterocycles. The second-order valence-corrected chi connectivity index (χ2v) is 13.3. The molecule has 3 amide bonds. The van der Waals surface area contributed by atoms with Crippen molar-refractivity contribution in [2.75, 3.05) is 13.3 Å². The largest absolute Gasteiger partial charge is 0.471 e. The van der Waals surface area contributed by atoms with Gasteiger partial charge < -0.3 is 15.0 Å². The Hall–Kier alpha value is -2.64. The zero-order chi connectivity index (χ0) is 30.5. The first-order valence-corrected chi connectivity index (χ1v) is 16.2. The van der Waals surface area contributed by atoms with Gasteiger partial charge in [-0.2, -0.15) is 5.48 Å². The average Bonchev–Trinajstić information content (AvgIpc) is 3.38. The number of sulfonamides is 1. The molecule has 0 aromatic heterocycles. The first-order valence-electron chi connectivity index (χ1n) is 13.9. The third kappa shape index (κ3) is 7.65. The minimum Gasteiger partial charge on any atom is -0.471 e. The third-order valence-electron chi connectivity index (χ3n) is 7.64. The normalized spacial score (nSPS) is 27.5. The molecule has 14 heteroatoms. The van der Waals surface area contributed by atoms with E-state index in [1.165, 1.54) is 23.1 Å². The van der Waals surface area contributed by atoms with E-state index in [-0.39, 0.29) is 34.1 Å². The first-order chi connectivity index (χ1) is 19.9. The number of halogens is 2. The van der Waals surface area contributed by atoms with Crippen LogP contribution in [-0.2, 0) is 34.0 Å². The number of nitrogens with one attached hydrogen (secondary N) is 3. The molecule has 1 aliphatic carbocycles. The van der Waals surface area contributed by atoms with Crippen molar-refractivity contribution in [3.63, 3.8) is 0 Å². The molecule has 3 N–H and O–H groups in total. The highest BCUT2D eigenvalue weighted by molar-refractivity contribution is 7.90. The monoisotopic (exact) mass is 642 g/mol. The van der Waals surface area contributed by atoms with Gasteiger partial charge in [0.05, 0.1) is 10.8 Å². The smallest absolute Gasteiger partial charge is 0.265 e. The van der Waals surface area contributed by atoms with Crippen molar-refractivity contribution in [3.8, 4) is 0 Å². The standard InChI is InChI=1S/C28H36Cl2N4O7S/c1-18(2)40-17-41-32-22-10-7-5-3-4-6-9-19-16-28(19,31-25(35)23-11-8-14-34(23)26(22)36)27(37)33-42(38,39)24-13-12-20(29)15-21(24)30/h6,9,12-13,15,19,22-23,32H,1,3-5,7-8,10-11,14,16-17H2,2H3,(H,31,35)(H,33,37)/b9-6-/t19-,22+,23+,28-/m1/s1. The molecule has 1 aromatic carbocycles. The van der Waals surface area contributed by atoms with Gasteiger partial charge in [0.1, 0.15) is 22.5 Å². The number of hydrogen-bond donors (Lipinski definition) is 3. The van der Waals surface area contributed by atoms with Crippen molar-refractivity contribution in [1.82, 2.24) is 20.4 Å². The number of hydrogen-bond acceptors (Lipinski definition) is 8. The van der Waals surface area contributed by atoms with Gasteiger partial charge in [0.15, 0.2) is 0 Å². The number of carbonyl (C=O) groups excluding carboxylic acids is 3. The number of rotatable bonds is 8. The van der Waals surface area contributed by atoms with Gasteiger partial charge in [-0.3, -0.25) is 19.2 Å². The number of hydroxylamine groups is 1. The van der Waals surface area contributed by atoms with E-state index in [9.17, 15) is 22.8 Å². The maximum Gasteiger partial charge on any atom is 0.265 e. The molecule has 2 aliphatic heterocycles. The predicted molar refractivity (Wildman–Crippen MR) is 157 cm³/mol. The number of allylic oxidation sites excluding steroid dienone is 2. The molecule has 0 unspecified atom stereocenters. The van der Waals surface area contributed by atoms with Crippen LogP contribution in [0, 0.1) is 5.92 Å². The SMILES string of the molecule is C=C(C)OCON[C@H]1CCCCC/C=C\[C@@H]2C[C@@]2(C(=O)NS(=O)(=O)c2ccc(Cl)cc2Cl)NC(=O)[C@@H]2CCCN2C1=O. The minimum atomic E-state index is -4.37. The Balaban J connectivity index is 1.54. The summed E-state index contributed by atoms with van der Waals surface area (Å²) in [4.78, 5) is 47.3. The fraction of sp³-hybridized carbons (Fsp3) is 0.536. The van der Waals surface area contributed by atoms with Crippen molar-refractivity contribution < 1.29 is 32.4 Å². The summed E-state index contributed by atoms with van der Waals surface area (Å²) in [5.74, 6) is -1.63. The molecular weight excluding hydrogens is 607 g/mol. The lowest BCUT2D eigenvalue weighted by Gasteiger charge is -2.30. The van der Waals surface area contributed by atoms with E-state index in [4.69, 9.17) is 32.8 Å². The molecule has 1 aromatic rings. The topological polar surface area (TPSA) is 143 Å². The molecule has 0 bridgehead atoms. The Labute approximate surface area is 256 Å². The maximum absolute atomic E-state index is 13.6. The molecule has 230 valence electrons. The van der Waals surface area contributed by atoms with E-state index in [0.717, 1.165) is 25.7 Å². The van der Waals surface area contributed by atoms with Gasteiger partial charge in [0.2, 0.25) is 18.6 Å². The molecular formula is C28H36Cl2N4O7S. The van der Waals surface area contributed by atoms with Crippen LogP contribution in [0.2, 0.25) is 10.0 Å². The minimum absolute atomic E-state index is 0.128. The summed E-state index contributed by atoms with van der Waals surface area (Å²) in [6.07, 6.45) is 8.70. The van der Waals surface area contributed by atoms with Gasteiger partial charge in [-0.05, 0) is 63.6 Å². The average molecular weight is 644 g/mol. The number of fused-ring (bicyclic) bond motifs is 2. The number of benzene rings is 1. The van der Waals surface area contributed by atoms with Gasteiger partial charge in [0, 0.05) is 17.5 Å². The zero-order valence-corrected chi connectivity index (χ0v) is 25.7. The third-order valence-corrected chi connectivity index (χ3v) is 9.68. The summed E-state index contributed by atoms with van der Waals surface area (Å²) >= 11 is 12.0. The van der Waals surface area contributed by atoms with Crippen molar-refractivity contribution in [3.05, 3.63) is 52.7 Å². The highest BCUT2D eigenvalue weighted by Crippen LogP contribution is 2.46. The van der Waals surface area contributed by atoms with Crippen molar-refractivity contribution in [2.45, 2.75) is 80.8 Å². The highest BCUT2D eigenvalue weighted by Gasteiger charge is 2.61. The maximum atomic E-state index is 13.6. The van der Waals surface area contributed by atoms with E-state index in [0.29, 0.717) is 31.6 Å². The molecule has 4 rings (SSSR count). The Morgan fingerprint density at radius 2 is 1.98 bits per heavy atom. The molecule has 11 nitrogen and oxygen atoms in total. The molecule has 0 radical (unpaired) electrons. The number of ether oxygens (including phenoxy) is 1. The van der Waals surface area contributed by atoms with Gasteiger partial charge in [0.25, 0.3) is 15.9 Å². The van der Waals surface area contributed by atoms with Gasteiger partial charge in [-0.25, -0.2) is 13.1 Å². The summed E-state index contributed by atoms with van der Waals surface area (Å²) in [7, 11) is -4.37. The molecule has 3 aliphatic rings. The quantitative estimate of drug-likeness (QED) is 0.128. The highest BCUT2D eigenvalue weighted by atomic mass is 35.5. The Kier molecular flexibility index (Phi) is 10.6. The summed E-state index contributed by atoms with van der Waals surface area (Å²) in [6.45, 7) is 5.56. The summed E-state index contributed by atoms with van der Waals surface area (Å²) in [6, 6.07) is 2.30. The van der Waals surface area contributed by atoms with Crippen LogP contribution >= 0.6 is 23.2 Å². The Bertz CT molecular complexity index is 1360. The second kappa shape index (κ2) is 13.8. The van der Waals surface area contributed by atoms with Gasteiger partial charge >= 0.3 is 0 Å². The van der Waals surface area contributed by atoms with Crippen LogP contribution < -0.4 is 15.5 Å². The van der Waals surface area contributed by atoms with E-state index < -0.39 is 45.4 Å². The number of amides is 3. The zero-order valence-electron chi connectivity index (χ0n) is 23.4. The fourth-order valence-electron chi connectivity index (χ4n) is 5.29. The van der Waals surface area contributed by atoms with E-state index in [1.54, 1.807) is 6.92 Å². The number of nitrogens with zero attached hydrogens (tertiary/aromatic N) is 1. The lowest BCUT2D eigenvalue weighted by atomic mass is 10.1. The summed E-state index contributed by atoms with van der Waals surface area (Å²) in [5, 5.41) is 2.91. The lowest BCUT2D eigenvalue weighted by Crippen LogP contribution is -2.58. The van der Waals surface area contributed by atoms with Gasteiger partial charge in [-0.15, -0.1) is 0 Å². The fourth-order valence-corrected chi connectivity index (χ4v) is 7.11. The van der Waals surface area contributed by atoms with Crippen LogP contribution in [0.4, 0.5) is 0 Å². The molecule has 42 heavy (non-hydrogen) atoms. The van der Waals surface area contributed by atoms with Crippen LogP contribution in [-0.4, -0.2) is 62.0 Å². The van der Waals surface area contributed by atoms with Crippen LogP contribution in [0.25, 0.3) is 0 Å². The molecule has 2 fully saturated rings. The molecule has 0 spiro atoms. The molecule has 4 atom stereocenters. The van der Waals surface area contributed by atoms with Crippen molar-refractivity contribution >= 4 is 50.9 Å².